The minimum Gasteiger partial charge on any atom is -0.393 e. The van der Waals surface area contributed by atoms with Crippen molar-refractivity contribution in [1.29, 1.82) is 0 Å². The molecule has 4 atom stereocenters. The van der Waals surface area contributed by atoms with Gasteiger partial charge < -0.3 is 19.7 Å². The number of allylic oxidation sites excluding steroid dienone is 3. The van der Waals surface area contributed by atoms with Crippen LogP contribution in [0.4, 0.5) is 8.78 Å². The highest BCUT2D eigenvalue weighted by molar-refractivity contribution is 5.75. The van der Waals surface area contributed by atoms with Gasteiger partial charge in [-0.25, -0.2) is 8.78 Å². The fourth-order valence-corrected chi connectivity index (χ4v) is 3.85. The van der Waals surface area contributed by atoms with E-state index in [0.29, 0.717) is 12.8 Å². The smallest absolute Gasteiger partial charge is 0.268 e. The summed E-state index contributed by atoms with van der Waals surface area (Å²) in [5.41, 5.74) is 0.932. The first-order valence-electron chi connectivity index (χ1n) is 11.0. The summed E-state index contributed by atoms with van der Waals surface area (Å²) in [4.78, 5) is 10.9. The first-order valence-corrected chi connectivity index (χ1v) is 11.0. The minimum atomic E-state index is -3.04. The summed E-state index contributed by atoms with van der Waals surface area (Å²) in [6.45, 7) is 1.77. The lowest BCUT2D eigenvalue weighted by atomic mass is 9.89. The SMILES string of the molecule is CC(=O)CCC/C=C\C[C@@H]1[C@@H](C=CC(F)(F)CCOCc2ccccc2)[C@H](O)C[C@@H]1O. The summed E-state index contributed by atoms with van der Waals surface area (Å²) in [5, 5.41) is 20.5. The van der Waals surface area contributed by atoms with Gasteiger partial charge in [0.15, 0.2) is 0 Å². The van der Waals surface area contributed by atoms with Crippen molar-refractivity contribution in [1.82, 2.24) is 0 Å². The molecule has 31 heavy (non-hydrogen) atoms. The maximum absolute atomic E-state index is 14.3. The van der Waals surface area contributed by atoms with Crippen LogP contribution < -0.4 is 0 Å². The van der Waals surface area contributed by atoms with Crippen LogP contribution in [0.1, 0.15) is 51.0 Å². The van der Waals surface area contributed by atoms with E-state index >= 15 is 0 Å². The van der Waals surface area contributed by atoms with Crippen LogP contribution in [-0.4, -0.2) is 40.7 Å². The highest BCUT2D eigenvalue weighted by Gasteiger charge is 2.40. The average Bonchev–Trinajstić information content (AvgIpc) is 2.99. The van der Waals surface area contributed by atoms with Gasteiger partial charge >= 0.3 is 0 Å². The number of rotatable bonds is 13. The molecule has 2 rings (SSSR count). The van der Waals surface area contributed by atoms with Gasteiger partial charge in [-0.2, -0.15) is 0 Å². The van der Waals surface area contributed by atoms with Gasteiger partial charge in [-0.1, -0.05) is 48.6 Å². The van der Waals surface area contributed by atoms with Gasteiger partial charge in [0.1, 0.15) is 5.78 Å². The molecular weight excluding hydrogens is 402 g/mol. The van der Waals surface area contributed by atoms with E-state index in [9.17, 15) is 23.8 Å². The number of aliphatic hydroxyl groups excluding tert-OH is 2. The molecule has 0 spiro atoms. The summed E-state index contributed by atoms with van der Waals surface area (Å²) >= 11 is 0. The van der Waals surface area contributed by atoms with Gasteiger partial charge in [0, 0.05) is 25.2 Å². The van der Waals surface area contributed by atoms with Gasteiger partial charge in [0.25, 0.3) is 5.92 Å². The Morgan fingerprint density at radius 3 is 2.65 bits per heavy atom. The molecule has 0 aliphatic heterocycles. The normalized spacial score (nSPS) is 24.4. The molecule has 1 fully saturated rings. The highest BCUT2D eigenvalue weighted by Crippen LogP contribution is 2.37. The van der Waals surface area contributed by atoms with Crippen LogP contribution in [0, 0.1) is 11.8 Å². The molecule has 0 radical (unpaired) electrons. The van der Waals surface area contributed by atoms with Crippen molar-refractivity contribution in [2.45, 2.75) is 70.2 Å². The molecule has 0 aromatic heterocycles. The third-order valence-electron chi connectivity index (χ3n) is 5.64. The van der Waals surface area contributed by atoms with E-state index in [1.54, 1.807) is 6.92 Å². The molecule has 1 saturated carbocycles. The van der Waals surface area contributed by atoms with Crippen molar-refractivity contribution >= 4 is 5.78 Å². The van der Waals surface area contributed by atoms with Crippen molar-refractivity contribution in [3.05, 3.63) is 60.2 Å². The van der Waals surface area contributed by atoms with Gasteiger partial charge in [0.05, 0.1) is 25.4 Å². The van der Waals surface area contributed by atoms with E-state index in [2.05, 4.69) is 0 Å². The number of ether oxygens (including phenoxy) is 1. The van der Waals surface area contributed by atoms with Crippen LogP contribution in [0.15, 0.2) is 54.6 Å². The van der Waals surface area contributed by atoms with Gasteiger partial charge in [0.2, 0.25) is 0 Å². The number of benzene rings is 1. The molecule has 1 aromatic carbocycles. The Hall–Kier alpha value is -1.89. The average molecular weight is 437 g/mol. The van der Waals surface area contributed by atoms with Crippen molar-refractivity contribution in [3.8, 4) is 0 Å². The summed E-state index contributed by atoms with van der Waals surface area (Å²) < 4.78 is 33.9. The topological polar surface area (TPSA) is 66.8 Å². The third-order valence-corrected chi connectivity index (χ3v) is 5.64. The van der Waals surface area contributed by atoms with Crippen LogP contribution >= 0.6 is 0 Å². The molecular formula is C25H34F2O4. The van der Waals surface area contributed by atoms with Crippen LogP contribution in [0.2, 0.25) is 0 Å². The number of carbonyl (C=O) groups excluding carboxylic acids is 1. The number of aliphatic hydroxyl groups is 2. The second-order valence-corrected chi connectivity index (χ2v) is 8.32. The number of Topliss-reactive ketones (excluding diaryl/α,β-unsaturated/α-hetero) is 1. The van der Waals surface area contributed by atoms with Crippen LogP contribution in [-0.2, 0) is 16.1 Å². The number of halogens is 2. The predicted octanol–water partition coefficient (Wildman–Crippen LogP) is 4.85. The van der Waals surface area contributed by atoms with E-state index in [1.165, 1.54) is 6.08 Å². The number of carbonyl (C=O) groups is 1. The molecule has 0 heterocycles. The molecule has 172 valence electrons. The summed E-state index contributed by atoms with van der Waals surface area (Å²) in [6, 6.07) is 9.38. The Morgan fingerprint density at radius 2 is 1.94 bits per heavy atom. The predicted molar refractivity (Wildman–Crippen MR) is 117 cm³/mol. The van der Waals surface area contributed by atoms with Crippen LogP contribution in [0.3, 0.4) is 0 Å². The zero-order chi connectivity index (χ0) is 22.7. The molecule has 0 saturated heterocycles. The Balaban J connectivity index is 1.80. The van der Waals surface area contributed by atoms with Gasteiger partial charge in [-0.05, 0) is 43.7 Å². The first-order chi connectivity index (χ1) is 14.8. The van der Waals surface area contributed by atoms with Gasteiger partial charge in [-0.3, -0.25) is 0 Å². The van der Waals surface area contributed by atoms with Crippen LogP contribution in [0.25, 0.3) is 0 Å². The fourth-order valence-electron chi connectivity index (χ4n) is 3.85. The summed E-state index contributed by atoms with van der Waals surface area (Å²) in [6.07, 6.45) is 6.77. The van der Waals surface area contributed by atoms with Gasteiger partial charge in [-0.15, -0.1) is 0 Å². The third kappa shape index (κ3) is 9.42. The number of alkyl halides is 2. The molecule has 1 aromatic rings. The van der Waals surface area contributed by atoms with Crippen LogP contribution in [0.5, 0.6) is 0 Å². The Labute approximate surface area is 183 Å². The minimum absolute atomic E-state index is 0.0749. The number of unbranched alkanes of at least 4 members (excludes halogenated alkanes) is 1. The van der Waals surface area contributed by atoms with E-state index in [0.717, 1.165) is 24.5 Å². The monoisotopic (exact) mass is 436 g/mol. The fraction of sp³-hybridized carbons (Fsp3) is 0.560. The zero-order valence-electron chi connectivity index (χ0n) is 18.1. The Bertz CT molecular complexity index is 717. The first kappa shape index (κ1) is 25.4. The Morgan fingerprint density at radius 1 is 1.19 bits per heavy atom. The molecule has 1 aliphatic carbocycles. The standard InChI is InChI=1S/C25H34F2O4/c1-19(28)9-5-2-3-8-12-21-22(24(30)17-23(21)29)13-14-25(26,27)15-16-31-18-20-10-6-4-7-11-20/h3-4,6-8,10-11,13-14,21-24,29-30H,2,5,9,12,15-18H2,1H3/b8-3-,14-13?/t21-,22-,23+,24-/m1/s1. The summed E-state index contributed by atoms with van der Waals surface area (Å²) in [5.74, 6) is -3.72. The highest BCUT2D eigenvalue weighted by atomic mass is 19.3. The number of ketones is 1. The molecule has 2 N–H and O–H groups in total. The lowest BCUT2D eigenvalue weighted by Gasteiger charge is -2.20. The molecule has 0 amide bonds. The van der Waals surface area contributed by atoms with E-state index in [1.807, 2.05) is 42.5 Å². The molecule has 1 aliphatic rings. The van der Waals surface area contributed by atoms with Crippen molar-refractivity contribution < 1.29 is 28.5 Å². The van der Waals surface area contributed by atoms with E-state index < -0.39 is 30.5 Å². The second kappa shape index (κ2) is 12.8. The molecule has 0 unspecified atom stereocenters. The quantitative estimate of drug-likeness (QED) is 0.343. The maximum Gasteiger partial charge on any atom is 0.268 e. The number of hydrogen-bond donors (Lipinski definition) is 2. The lowest BCUT2D eigenvalue weighted by molar-refractivity contribution is -0.117. The largest absolute Gasteiger partial charge is 0.393 e. The summed E-state index contributed by atoms with van der Waals surface area (Å²) in [7, 11) is 0. The number of hydrogen-bond acceptors (Lipinski definition) is 4. The van der Waals surface area contributed by atoms with E-state index in [4.69, 9.17) is 4.74 Å². The van der Waals surface area contributed by atoms with E-state index in [-0.39, 0.29) is 31.3 Å². The molecule has 0 bridgehead atoms. The molecule has 4 nitrogen and oxygen atoms in total. The molecule has 6 heteroatoms. The lowest BCUT2D eigenvalue weighted by Crippen LogP contribution is -2.22. The Kier molecular flexibility index (Phi) is 10.5. The zero-order valence-corrected chi connectivity index (χ0v) is 18.1. The maximum atomic E-state index is 14.3. The van der Waals surface area contributed by atoms with Crippen molar-refractivity contribution in [2.75, 3.05) is 6.61 Å². The van der Waals surface area contributed by atoms with Crippen molar-refractivity contribution in [2.24, 2.45) is 11.8 Å². The van der Waals surface area contributed by atoms with Crippen molar-refractivity contribution in [3.63, 3.8) is 0 Å². The second-order valence-electron chi connectivity index (χ2n) is 8.32.